The van der Waals surface area contributed by atoms with Crippen molar-refractivity contribution in [2.45, 2.75) is 6.92 Å². The molecule has 0 radical (unpaired) electrons. The first kappa shape index (κ1) is 22.1. The van der Waals surface area contributed by atoms with Crippen LogP contribution in [0.4, 0.5) is 5.69 Å². The predicted molar refractivity (Wildman–Crippen MR) is 117 cm³/mol. The lowest BCUT2D eigenvalue weighted by molar-refractivity contribution is -0.139. The van der Waals surface area contributed by atoms with E-state index in [0.29, 0.717) is 39.2 Å². The van der Waals surface area contributed by atoms with Gasteiger partial charge in [0.1, 0.15) is 5.75 Å². The van der Waals surface area contributed by atoms with Crippen LogP contribution in [-0.2, 0) is 14.3 Å². The molecule has 9 heteroatoms. The number of esters is 1. The Balaban J connectivity index is 1.82. The highest BCUT2D eigenvalue weighted by Gasteiger charge is 2.32. The SMILES string of the molecule is CCN1C(=O)/C(=C\c2cccc(OCC(=O)O)c2)SC1=Nc1ccc(C(=O)OC)cc1. The number of hydrogen-bond donors (Lipinski definition) is 1. The second kappa shape index (κ2) is 9.94. The van der Waals surface area contributed by atoms with E-state index in [9.17, 15) is 14.4 Å². The van der Waals surface area contributed by atoms with E-state index in [1.807, 2.05) is 6.92 Å². The van der Waals surface area contributed by atoms with Gasteiger partial charge in [0.25, 0.3) is 5.91 Å². The molecule has 160 valence electrons. The van der Waals surface area contributed by atoms with E-state index in [2.05, 4.69) is 9.73 Å². The average Bonchev–Trinajstić information content (AvgIpc) is 3.06. The summed E-state index contributed by atoms with van der Waals surface area (Å²) in [6.07, 6.45) is 1.71. The van der Waals surface area contributed by atoms with Crippen molar-refractivity contribution in [3.05, 3.63) is 64.6 Å². The minimum Gasteiger partial charge on any atom is -0.482 e. The molecule has 1 heterocycles. The summed E-state index contributed by atoms with van der Waals surface area (Å²) in [5.41, 5.74) is 1.73. The highest BCUT2D eigenvalue weighted by atomic mass is 32.2. The number of carbonyl (C=O) groups is 3. The van der Waals surface area contributed by atoms with Crippen LogP contribution in [0.25, 0.3) is 6.08 Å². The Morgan fingerprint density at radius 2 is 1.94 bits per heavy atom. The van der Waals surface area contributed by atoms with E-state index in [1.165, 1.54) is 18.9 Å². The Kier molecular flexibility index (Phi) is 7.09. The van der Waals surface area contributed by atoms with E-state index < -0.39 is 18.5 Å². The fourth-order valence-corrected chi connectivity index (χ4v) is 3.82. The van der Waals surface area contributed by atoms with Crippen LogP contribution >= 0.6 is 11.8 Å². The highest BCUT2D eigenvalue weighted by molar-refractivity contribution is 8.18. The average molecular weight is 440 g/mol. The summed E-state index contributed by atoms with van der Waals surface area (Å²) in [5.74, 6) is -1.27. The number of hydrogen-bond acceptors (Lipinski definition) is 7. The number of likely N-dealkylation sites (N-methyl/N-ethyl adjacent to an activating group) is 1. The van der Waals surface area contributed by atoms with E-state index in [1.54, 1.807) is 59.5 Å². The van der Waals surface area contributed by atoms with E-state index in [0.717, 1.165) is 0 Å². The number of amides is 1. The van der Waals surface area contributed by atoms with Crippen molar-refractivity contribution in [2.75, 3.05) is 20.3 Å². The van der Waals surface area contributed by atoms with Gasteiger partial charge in [-0.3, -0.25) is 9.69 Å². The van der Waals surface area contributed by atoms with E-state index in [-0.39, 0.29) is 5.91 Å². The zero-order valence-corrected chi connectivity index (χ0v) is 17.7. The standard InChI is InChI=1S/C22H20N2O6S/c1-3-24-20(27)18(12-14-5-4-6-17(11-14)30-13-19(25)26)31-22(24)23-16-9-7-15(8-10-16)21(28)29-2/h4-12H,3,13H2,1-2H3,(H,25,26)/b18-12+,23-22?. The van der Waals surface area contributed by atoms with Crippen LogP contribution in [0.5, 0.6) is 5.75 Å². The highest BCUT2D eigenvalue weighted by Crippen LogP contribution is 2.34. The van der Waals surface area contributed by atoms with Gasteiger partial charge in [0.15, 0.2) is 11.8 Å². The summed E-state index contributed by atoms with van der Waals surface area (Å²) in [6, 6.07) is 13.4. The molecule has 2 aromatic carbocycles. The number of rotatable bonds is 7. The van der Waals surface area contributed by atoms with Crippen molar-refractivity contribution in [3.8, 4) is 5.75 Å². The Morgan fingerprint density at radius 3 is 2.58 bits per heavy atom. The molecule has 1 saturated heterocycles. The van der Waals surface area contributed by atoms with Crippen LogP contribution in [0, 0.1) is 0 Å². The Hall–Kier alpha value is -3.59. The van der Waals surface area contributed by atoms with Gasteiger partial charge in [-0.1, -0.05) is 12.1 Å². The summed E-state index contributed by atoms with van der Waals surface area (Å²) >= 11 is 1.24. The van der Waals surface area contributed by atoms with Crippen molar-refractivity contribution in [1.82, 2.24) is 4.90 Å². The molecule has 31 heavy (non-hydrogen) atoms. The molecule has 8 nitrogen and oxygen atoms in total. The molecule has 1 aliphatic rings. The van der Waals surface area contributed by atoms with Gasteiger partial charge >= 0.3 is 11.9 Å². The number of carboxylic acid groups (broad SMARTS) is 1. The number of benzene rings is 2. The normalized spacial score (nSPS) is 16.1. The number of ether oxygens (including phenoxy) is 2. The topological polar surface area (TPSA) is 106 Å². The van der Waals surface area contributed by atoms with Crippen LogP contribution < -0.4 is 4.74 Å². The third-order valence-corrected chi connectivity index (χ3v) is 5.24. The molecular formula is C22H20N2O6S. The lowest BCUT2D eigenvalue weighted by Gasteiger charge is -2.12. The molecule has 1 aliphatic heterocycles. The minimum atomic E-state index is -1.07. The number of thioether (sulfide) groups is 1. The maximum Gasteiger partial charge on any atom is 0.341 e. The Morgan fingerprint density at radius 1 is 1.19 bits per heavy atom. The van der Waals surface area contributed by atoms with Crippen LogP contribution in [0.15, 0.2) is 58.4 Å². The van der Waals surface area contributed by atoms with Gasteiger partial charge in [0.2, 0.25) is 0 Å². The van der Waals surface area contributed by atoms with Gasteiger partial charge < -0.3 is 14.6 Å². The number of carbonyl (C=O) groups excluding carboxylic acids is 2. The van der Waals surface area contributed by atoms with Crippen molar-refractivity contribution in [3.63, 3.8) is 0 Å². The van der Waals surface area contributed by atoms with E-state index >= 15 is 0 Å². The fraction of sp³-hybridized carbons (Fsp3) is 0.182. The van der Waals surface area contributed by atoms with Gasteiger partial charge in [-0.25, -0.2) is 14.6 Å². The minimum absolute atomic E-state index is 0.172. The van der Waals surface area contributed by atoms with Crippen LogP contribution in [0.3, 0.4) is 0 Å². The van der Waals surface area contributed by atoms with Gasteiger partial charge in [-0.2, -0.15) is 0 Å². The van der Waals surface area contributed by atoms with Gasteiger partial charge in [0.05, 0.1) is 23.3 Å². The summed E-state index contributed by atoms with van der Waals surface area (Å²) in [5, 5.41) is 9.27. The van der Waals surface area contributed by atoms with Gasteiger partial charge in [0, 0.05) is 6.54 Å². The second-order valence-electron chi connectivity index (χ2n) is 6.35. The molecule has 0 unspecified atom stereocenters. The molecule has 1 N–H and O–H groups in total. The smallest absolute Gasteiger partial charge is 0.341 e. The van der Waals surface area contributed by atoms with Crippen molar-refractivity contribution in [2.24, 2.45) is 4.99 Å². The van der Waals surface area contributed by atoms with Crippen LogP contribution in [0.1, 0.15) is 22.8 Å². The number of carboxylic acids is 1. The van der Waals surface area contributed by atoms with Crippen molar-refractivity contribution >= 4 is 46.5 Å². The largest absolute Gasteiger partial charge is 0.482 e. The summed E-state index contributed by atoms with van der Waals surface area (Å²) in [7, 11) is 1.32. The third-order valence-electron chi connectivity index (χ3n) is 4.24. The van der Waals surface area contributed by atoms with Crippen molar-refractivity contribution in [1.29, 1.82) is 0 Å². The Labute approximate surface area is 183 Å². The first-order chi connectivity index (χ1) is 14.9. The molecule has 3 rings (SSSR count). The first-order valence-corrected chi connectivity index (χ1v) is 10.2. The lowest BCUT2D eigenvalue weighted by atomic mass is 10.2. The molecule has 0 aromatic heterocycles. The number of aliphatic carboxylic acids is 1. The second-order valence-corrected chi connectivity index (χ2v) is 7.36. The Bertz CT molecular complexity index is 1060. The number of nitrogens with zero attached hydrogens (tertiary/aromatic N) is 2. The molecule has 0 atom stereocenters. The number of aliphatic imine (C=N–C) groups is 1. The zero-order chi connectivity index (χ0) is 22.4. The molecular weight excluding hydrogens is 420 g/mol. The lowest BCUT2D eigenvalue weighted by Crippen LogP contribution is -2.28. The molecule has 1 fully saturated rings. The molecule has 0 saturated carbocycles. The molecule has 1 amide bonds. The summed E-state index contributed by atoms with van der Waals surface area (Å²) < 4.78 is 9.88. The molecule has 0 spiro atoms. The molecule has 2 aromatic rings. The van der Waals surface area contributed by atoms with Gasteiger partial charge in [-0.05, 0) is 66.7 Å². The predicted octanol–water partition coefficient (Wildman–Crippen LogP) is 3.56. The maximum atomic E-state index is 12.8. The quantitative estimate of drug-likeness (QED) is 0.518. The first-order valence-electron chi connectivity index (χ1n) is 9.34. The summed E-state index contributed by atoms with van der Waals surface area (Å²) in [6.45, 7) is 1.87. The molecule has 0 aliphatic carbocycles. The van der Waals surface area contributed by atoms with Crippen molar-refractivity contribution < 1.29 is 29.0 Å². The maximum absolute atomic E-state index is 12.8. The zero-order valence-electron chi connectivity index (χ0n) is 16.9. The fourth-order valence-electron chi connectivity index (χ4n) is 2.76. The van der Waals surface area contributed by atoms with Crippen LogP contribution in [-0.4, -0.2) is 53.3 Å². The number of methoxy groups -OCH3 is 1. The van der Waals surface area contributed by atoms with Gasteiger partial charge in [-0.15, -0.1) is 0 Å². The van der Waals surface area contributed by atoms with Crippen LogP contribution in [0.2, 0.25) is 0 Å². The molecule has 0 bridgehead atoms. The number of amidine groups is 1. The van der Waals surface area contributed by atoms with E-state index in [4.69, 9.17) is 9.84 Å². The summed E-state index contributed by atoms with van der Waals surface area (Å²) in [4.78, 5) is 41.7. The third kappa shape index (κ3) is 5.52. The monoisotopic (exact) mass is 440 g/mol.